The molecule has 1 rings (SSSR count). The molecular weight excluding hydrogens is 196 g/mol. The summed E-state index contributed by atoms with van der Waals surface area (Å²) in [5.41, 5.74) is -0.355. The largest absolute Gasteiger partial charge is 0.390 e. The molecule has 14 heavy (non-hydrogen) atoms. The van der Waals surface area contributed by atoms with Crippen molar-refractivity contribution in [3.05, 3.63) is 0 Å². The predicted octanol–water partition coefficient (Wildman–Crippen LogP) is 3.87. The van der Waals surface area contributed by atoms with Crippen LogP contribution in [0.2, 0.25) is 0 Å². The Morgan fingerprint density at radius 2 is 1.50 bits per heavy atom. The van der Waals surface area contributed by atoms with Crippen LogP contribution in [0.3, 0.4) is 0 Å². The van der Waals surface area contributed by atoms with E-state index in [9.17, 15) is 5.11 Å². The number of alkyl halides is 1. The van der Waals surface area contributed by atoms with E-state index in [4.69, 9.17) is 11.6 Å². The van der Waals surface area contributed by atoms with Crippen LogP contribution in [0.4, 0.5) is 0 Å². The molecule has 2 heteroatoms. The van der Waals surface area contributed by atoms with E-state index < -0.39 is 0 Å². The molecule has 0 aromatic carbocycles. The zero-order valence-electron chi connectivity index (χ0n) is 9.10. The molecule has 0 atom stereocenters. The Morgan fingerprint density at radius 1 is 0.929 bits per heavy atom. The second-order valence-corrected chi connectivity index (χ2v) is 5.02. The molecule has 0 spiro atoms. The maximum absolute atomic E-state index is 10.4. The maximum atomic E-state index is 10.4. The van der Waals surface area contributed by atoms with Crippen LogP contribution >= 0.6 is 11.6 Å². The summed E-state index contributed by atoms with van der Waals surface area (Å²) in [6.45, 7) is 0. The molecule has 0 aromatic rings. The fourth-order valence-electron chi connectivity index (χ4n) is 2.36. The highest BCUT2D eigenvalue weighted by Gasteiger charge is 2.26. The van der Waals surface area contributed by atoms with Crippen molar-refractivity contribution in [2.45, 2.75) is 69.8 Å². The Labute approximate surface area is 92.8 Å². The van der Waals surface area contributed by atoms with Crippen LogP contribution in [-0.4, -0.2) is 16.6 Å². The summed E-state index contributed by atoms with van der Waals surface area (Å²) in [5.74, 6) is 0.732. The van der Waals surface area contributed by atoms with E-state index in [2.05, 4.69) is 0 Å². The average molecular weight is 219 g/mol. The molecule has 0 aromatic heterocycles. The molecule has 0 radical (unpaired) electrons. The maximum Gasteiger partial charge on any atom is 0.0647 e. The minimum Gasteiger partial charge on any atom is -0.390 e. The van der Waals surface area contributed by atoms with Crippen molar-refractivity contribution in [1.82, 2.24) is 0 Å². The Hall–Kier alpha value is 0.250. The van der Waals surface area contributed by atoms with Crippen LogP contribution in [0.5, 0.6) is 0 Å². The molecule has 0 aliphatic heterocycles. The highest BCUT2D eigenvalue weighted by Crippen LogP contribution is 2.30. The molecule has 0 bridgehead atoms. The van der Waals surface area contributed by atoms with Crippen molar-refractivity contribution in [1.29, 1.82) is 0 Å². The smallest absolute Gasteiger partial charge is 0.0647 e. The molecule has 0 unspecified atom stereocenters. The topological polar surface area (TPSA) is 20.2 Å². The minimum absolute atomic E-state index is 0.355. The standard InChI is InChI=1S/C12H23ClO/c13-11-7-6-10-12(14)8-4-2-1-3-5-9-12/h14H,1-11H2. The van der Waals surface area contributed by atoms with Gasteiger partial charge in [0.25, 0.3) is 0 Å². The summed E-state index contributed by atoms with van der Waals surface area (Å²) in [5, 5.41) is 10.4. The lowest BCUT2D eigenvalue weighted by atomic mass is 9.83. The Bertz CT molecular complexity index is 139. The number of aliphatic hydroxyl groups is 1. The van der Waals surface area contributed by atoms with Gasteiger partial charge in [-0.15, -0.1) is 11.6 Å². The van der Waals surface area contributed by atoms with E-state index in [1.165, 1.54) is 32.1 Å². The number of hydrogen-bond acceptors (Lipinski definition) is 1. The van der Waals surface area contributed by atoms with Gasteiger partial charge < -0.3 is 5.11 Å². The average Bonchev–Trinajstić information content (AvgIpc) is 2.13. The van der Waals surface area contributed by atoms with Gasteiger partial charge in [-0.1, -0.05) is 32.1 Å². The molecule has 1 N–H and O–H groups in total. The Balaban J connectivity index is 2.27. The third-order valence-electron chi connectivity index (χ3n) is 3.31. The first-order valence-electron chi connectivity index (χ1n) is 6.05. The SMILES string of the molecule is OC1(CCCCCl)CCCCCCC1. The summed E-state index contributed by atoms with van der Waals surface area (Å²) in [7, 11) is 0. The van der Waals surface area contributed by atoms with Crippen molar-refractivity contribution >= 4 is 11.6 Å². The zero-order valence-corrected chi connectivity index (χ0v) is 9.86. The van der Waals surface area contributed by atoms with E-state index >= 15 is 0 Å². The summed E-state index contributed by atoms with van der Waals surface area (Å²) < 4.78 is 0. The number of rotatable bonds is 4. The van der Waals surface area contributed by atoms with Crippen molar-refractivity contribution in [2.75, 3.05) is 5.88 Å². The van der Waals surface area contributed by atoms with Crippen molar-refractivity contribution in [3.63, 3.8) is 0 Å². The first-order valence-corrected chi connectivity index (χ1v) is 6.59. The molecule has 0 amide bonds. The summed E-state index contributed by atoms with van der Waals surface area (Å²) in [6.07, 6.45) is 11.5. The second-order valence-electron chi connectivity index (χ2n) is 4.64. The van der Waals surface area contributed by atoms with Gasteiger partial charge in [-0.3, -0.25) is 0 Å². The van der Waals surface area contributed by atoms with Gasteiger partial charge in [0, 0.05) is 5.88 Å². The Kier molecular flexibility index (Phi) is 5.88. The van der Waals surface area contributed by atoms with Crippen molar-refractivity contribution < 1.29 is 5.11 Å². The molecule has 1 aliphatic rings. The lowest BCUT2D eigenvalue weighted by Crippen LogP contribution is -2.29. The quantitative estimate of drug-likeness (QED) is 0.561. The fraction of sp³-hybridized carbons (Fsp3) is 1.00. The third kappa shape index (κ3) is 4.65. The first-order chi connectivity index (χ1) is 6.77. The Morgan fingerprint density at radius 3 is 2.07 bits per heavy atom. The van der Waals surface area contributed by atoms with Gasteiger partial charge in [0.15, 0.2) is 0 Å². The van der Waals surface area contributed by atoms with E-state index in [0.717, 1.165) is 38.0 Å². The predicted molar refractivity (Wildman–Crippen MR) is 61.8 cm³/mol. The third-order valence-corrected chi connectivity index (χ3v) is 3.58. The molecule has 0 heterocycles. The number of halogens is 1. The van der Waals surface area contributed by atoms with Crippen molar-refractivity contribution in [3.8, 4) is 0 Å². The molecule has 0 saturated heterocycles. The zero-order chi connectivity index (χ0) is 10.3. The van der Waals surface area contributed by atoms with E-state index in [1.54, 1.807) is 0 Å². The van der Waals surface area contributed by atoms with Crippen LogP contribution in [0.15, 0.2) is 0 Å². The molecule has 1 nitrogen and oxygen atoms in total. The monoisotopic (exact) mass is 218 g/mol. The van der Waals surface area contributed by atoms with Gasteiger partial charge in [-0.2, -0.15) is 0 Å². The van der Waals surface area contributed by atoms with Gasteiger partial charge >= 0.3 is 0 Å². The summed E-state index contributed by atoms with van der Waals surface area (Å²) in [6, 6.07) is 0. The molecule has 1 saturated carbocycles. The van der Waals surface area contributed by atoms with Crippen LogP contribution in [0.25, 0.3) is 0 Å². The highest BCUT2D eigenvalue weighted by molar-refractivity contribution is 6.17. The van der Waals surface area contributed by atoms with Crippen LogP contribution in [-0.2, 0) is 0 Å². The van der Waals surface area contributed by atoms with Gasteiger partial charge in [-0.05, 0) is 32.1 Å². The number of unbranched alkanes of at least 4 members (excludes halogenated alkanes) is 1. The minimum atomic E-state index is -0.355. The fourth-order valence-corrected chi connectivity index (χ4v) is 2.55. The molecular formula is C12H23ClO. The lowest BCUT2D eigenvalue weighted by molar-refractivity contribution is 0.00418. The van der Waals surface area contributed by atoms with Crippen LogP contribution < -0.4 is 0 Å². The van der Waals surface area contributed by atoms with Gasteiger partial charge in [0.1, 0.15) is 0 Å². The van der Waals surface area contributed by atoms with Gasteiger partial charge in [0.2, 0.25) is 0 Å². The normalized spacial score (nSPS) is 22.7. The van der Waals surface area contributed by atoms with Crippen molar-refractivity contribution in [2.24, 2.45) is 0 Å². The first kappa shape index (κ1) is 12.3. The van der Waals surface area contributed by atoms with Gasteiger partial charge in [-0.25, -0.2) is 0 Å². The van der Waals surface area contributed by atoms with E-state index in [1.807, 2.05) is 0 Å². The molecule has 1 aliphatic carbocycles. The van der Waals surface area contributed by atoms with Crippen LogP contribution in [0.1, 0.15) is 64.2 Å². The summed E-state index contributed by atoms with van der Waals surface area (Å²) in [4.78, 5) is 0. The molecule has 1 fully saturated rings. The van der Waals surface area contributed by atoms with Crippen LogP contribution in [0, 0.1) is 0 Å². The highest BCUT2D eigenvalue weighted by atomic mass is 35.5. The second kappa shape index (κ2) is 6.68. The van der Waals surface area contributed by atoms with E-state index in [-0.39, 0.29) is 5.60 Å². The molecule has 84 valence electrons. The summed E-state index contributed by atoms with van der Waals surface area (Å²) >= 11 is 5.64. The number of hydrogen-bond donors (Lipinski definition) is 1. The van der Waals surface area contributed by atoms with E-state index in [0.29, 0.717) is 0 Å². The lowest BCUT2D eigenvalue weighted by Gasteiger charge is -2.30. The van der Waals surface area contributed by atoms with Gasteiger partial charge in [0.05, 0.1) is 5.60 Å².